The maximum absolute atomic E-state index is 3.67. The normalized spacial score (nSPS) is 26.1. The zero-order valence-electron chi connectivity index (χ0n) is 10.3. The first-order chi connectivity index (χ1) is 8.26. The van der Waals surface area contributed by atoms with Crippen molar-refractivity contribution in [1.82, 2.24) is 0 Å². The molecule has 1 unspecified atom stereocenters. The summed E-state index contributed by atoms with van der Waals surface area (Å²) < 4.78 is 0. The van der Waals surface area contributed by atoms with Gasteiger partial charge in [-0.1, -0.05) is 36.4 Å². The number of benzene rings is 1. The molecule has 0 bridgehead atoms. The smallest absolute Gasteiger partial charge is 0.0847 e. The van der Waals surface area contributed by atoms with Crippen molar-refractivity contribution in [2.75, 3.05) is 5.32 Å². The Morgan fingerprint density at radius 1 is 1.24 bits per heavy atom. The second-order valence-electron chi connectivity index (χ2n) is 4.82. The van der Waals surface area contributed by atoms with E-state index in [2.05, 4.69) is 67.7 Å². The molecule has 0 spiro atoms. The molecule has 86 valence electrons. The molecule has 1 atom stereocenters. The van der Waals surface area contributed by atoms with Crippen LogP contribution >= 0.6 is 0 Å². The van der Waals surface area contributed by atoms with Crippen LogP contribution in [0.3, 0.4) is 0 Å². The number of nitrogens with one attached hydrogen (secondary N) is 1. The van der Waals surface area contributed by atoms with Crippen molar-refractivity contribution in [3.05, 3.63) is 65.3 Å². The highest BCUT2D eigenvalue weighted by molar-refractivity contribution is 5.71. The Labute approximate surface area is 103 Å². The summed E-state index contributed by atoms with van der Waals surface area (Å²) in [6.45, 7) is 4.31. The molecule has 2 aliphatic carbocycles. The lowest BCUT2D eigenvalue weighted by atomic mass is 10.0. The van der Waals surface area contributed by atoms with Gasteiger partial charge >= 0.3 is 0 Å². The minimum absolute atomic E-state index is 0.135. The van der Waals surface area contributed by atoms with Gasteiger partial charge in [0.15, 0.2) is 0 Å². The molecule has 1 saturated carbocycles. The predicted octanol–water partition coefficient (Wildman–Crippen LogP) is 4.07. The number of fused-ring (bicyclic) bond motifs is 1. The van der Waals surface area contributed by atoms with E-state index in [4.69, 9.17) is 0 Å². The van der Waals surface area contributed by atoms with Gasteiger partial charge in [0.25, 0.3) is 0 Å². The molecule has 1 N–H and O–H groups in total. The topological polar surface area (TPSA) is 12.0 Å². The molecule has 0 saturated heterocycles. The molecule has 0 radical (unpaired) electrons. The summed E-state index contributed by atoms with van der Waals surface area (Å²) in [5.74, 6) is 0. The van der Waals surface area contributed by atoms with Crippen molar-refractivity contribution in [2.45, 2.75) is 25.8 Å². The lowest BCUT2D eigenvalue weighted by Crippen LogP contribution is -2.22. The third kappa shape index (κ3) is 1.54. The van der Waals surface area contributed by atoms with Gasteiger partial charge in [-0.2, -0.15) is 0 Å². The maximum Gasteiger partial charge on any atom is 0.0847 e. The van der Waals surface area contributed by atoms with Gasteiger partial charge in [-0.15, -0.1) is 0 Å². The number of para-hydroxylation sites is 1. The van der Waals surface area contributed by atoms with Crippen LogP contribution in [0.1, 0.15) is 20.3 Å². The van der Waals surface area contributed by atoms with E-state index < -0.39 is 0 Å². The molecule has 0 heterocycles. The van der Waals surface area contributed by atoms with Crippen LogP contribution in [-0.4, -0.2) is 5.54 Å². The standard InChI is InChI=1S/C16H17N/c1-3-7-13-10-14-11-16(14,12(13)2)17-15-8-5-4-6-9-15/h3-10,17H,11H2,1-2H3/b7-3-. The molecule has 0 aliphatic heterocycles. The molecule has 0 amide bonds. The number of hydrogen-bond acceptors (Lipinski definition) is 1. The quantitative estimate of drug-likeness (QED) is 0.814. The highest BCUT2D eigenvalue weighted by atomic mass is 15.0. The van der Waals surface area contributed by atoms with Gasteiger partial charge in [0.2, 0.25) is 0 Å². The summed E-state index contributed by atoms with van der Waals surface area (Å²) in [7, 11) is 0. The molecule has 1 nitrogen and oxygen atoms in total. The van der Waals surface area contributed by atoms with Crippen LogP contribution in [0.15, 0.2) is 65.3 Å². The van der Waals surface area contributed by atoms with E-state index in [-0.39, 0.29) is 5.54 Å². The first-order valence-electron chi connectivity index (χ1n) is 6.14. The second kappa shape index (κ2) is 3.63. The fourth-order valence-electron chi connectivity index (χ4n) is 2.67. The molecule has 17 heavy (non-hydrogen) atoms. The van der Waals surface area contributed by atoms with Gasteiger partial charge in [-0.05, 0) is 42.7 Å². The number of rotatable bonds is 3. The number of hydrogen-bond donors (Lipinski definition) is 1. The lowest BCUT2D eigenvalue weighted by Gasteiger charge is -2.18. The van der Waals surface area contributed by atoms with Crippen LogP contribution in [0.5, 0.6) is 0 Å². The second-order valence-corrected chi connectivity index (χ2v) is 4.82. The van der Waals surface area contributed by atoms with Crippen LogP contribution in [-0.2, 0) is 0 Å². The van der Waals surface area contributed by atoms with Gasteiger partial charge < -0.3 is 5.32 Å². The average molecular weight is 223 g/mol. The Balaban J connectivity index is 1.89. The Kier molecular flexibility index (Phi) is 2.22. The van der Waals surface area contributed by atoms with E-state index >= 15 is 0 Å². The van der Waals surface area contributed by atoms with Crippen LogP contribution < -0.4 is 5.32 Å². The fraction of sp³-hybridized carbons (Fsp3) is 0.250. The third-order valence-electron chi connectivity index (χ3n) is 3.76. The highest BCUT2D eigenvalue weighted by Gasteiger charge is 2.53. The minimum atomic E-state index is 0.135. The fourth-order valence-corrected chi connectivity index (χ4v) is 2.67. The van der Waals surface area contributed by atoms with E-state index in [0.29, 0.717) is 0 Å². The van der Waals surface area contributed by atoms with Gasteiger partial charge in [-0.25, -0.2) is 0 Å². The summed E-state index contributed by atoms with van der Waals surface area (Å²) in [6, 6.07) is 10.5. The molecule has 0 aromatic heterocycles. The molecule has 1 fully saturated rings. The minimum Gasteiger partial charge on any atom is -0.372 e. The van der Waals surface area contributed by atoms with Crippen LogP contribution in [0.2, 0.25) is 0 Å². The molecule has 3 rings (SSSR count). The lowest BCUT2D eigenvalue weighted by molar-refractivity contribution is 0.892. The maximum atomic E-state index is 3.67. The van der Waals surface area contributed by atoms with Gasteiger partial charge in [-0.3, -0.25) is 0 Å². The summed E-state index contributed by atoms with van der Waals surface area (Å²) >= 11 is 0. The number of allylic oxidation sites excluding steroid dienone is 4. The molecule has 1 aromatic rings. The summed E-state index contributed by atoms with van der Waals surface area (Å²) in [4.78, 5) is 0. The van der Waals surface area contributed by atoms with Crippen LogP contribution in [0, 0.1) is 0 Å². The highest BCUT2D eigenvalue weighted by Crippen LogP contribution is 2.56. The Morgan fingerprint density at radius 3 is 2.71 bits per heavy atom. The molecule has 1 aromatic carbocycles. The largest absolute Gasteiger partial charge is 0.372 e. The molecular formula is C16H17N. The van der Waals surface area contributed by atoms with Crippen molar-refractivity contribution in [2.24, 2.45) is 0 Å². The van der Waals surface area contributed by atoms with Crippen molar-refractivity contribution in [3.8, 4) is 0 Å². The Morgan fingerprint density at radius 2 is 2.00 bits per heavy atom. The van der Waals surface area contributed by atoms with E-state index in [0.717, 1.165) is 6.42 Å². The van der Waals surface area contributed by atoms with E-state index in [1.807, 2.05) is 0 Å². The van der Waals surface area contributed by atoms with Gasteiger partial charge in [0, 0.05) is 12.1 Å². The Hall–Kier alpha value is -1.76. The van der Waals surface area contributed by atoms with Crippen molar-refractivity contribution >= 4 is 5.69 Å². The van der Waals surface area contributed by atoms with Gasteiger partial charge in [0.1, 0.15) is 0 Å². The summed E-state index contributed by atoms with van der Waals surface area (Å²) in [5, 5.41) is 3.67. The Bertz CT molecular complexity index is 534. The average Bonchev–Trinajstić information content (AvgIpc) is 2.97. The number of anilines is 1. The monoisotopic (exact) mass is 223 g/mol. The summed E-state index contributed by atoms with van der Waals surface area (Å²) in [6.07, 6.45) is 7.79. The first-order valence-corrected chi connectivity index (χ1v) is 6.14. The molecule has 2 aliphatic rings. The summed E-state index contributed by atoms with van der Waals surface area (Å²) in [5.41, 5.74) is 5.69. The van der Waals surface area contributed by atoms with Crippen molar-refractivity contribution < 1.29 is 0 Å². The third-order valence-corrected chi connectivity index (χ3v) is 3.76. The zero-order valence-corrected chi connectivity index (χ0v) is 10.3. The first kappa shape index (κ1) is 10.4. The molecule has 1 heteroatoms. The van der Waals surface area contributed by atoms with E-state index in [9.17, 15) is 0 Å². The predicted molar refractivity (Wildman–Crippen MR) is 73.0 cm³/mol. The van der Waals surface area contributed by atoms with Crippen LogP contribution in [0.25, 0.3) is 0 Å². The zero-order chi connectivity index (χ0) is 11.9. The van der Waals surface area contributed by atoms with Crippen molar-refractivity contribution in [3.63, 3.8) is 0 Å². The van der Waals surface area contributed by atoms with Crippen molar-refractivity contribution in [1.29, 1.82) is 0 Å². The van der Waals surface area contributed by atoms with Gasteiger partial charge in [0.05, 0.1) is 5.54 Å². The molecular weight excluding hydrogens is 206 g/mol. The van der Waals surface area contributed by atoms with E-state index in [1.165, 1.54) is 22.4 Å². The van der Waals surface area contributed by atoms with Crippen LogP contribution in [0.4, 0.5) is 5.69 Å². The SMILES string of the molecule is C/C=C\C1=C(C)C2(Nc3ccccc3)CC2=C1. The van der Waals surface area contributed by atoms with E-state index in [1.54, 1.807) is 0 Å².